The van der Waals surface area contributed by atoms with Crippen LogP contribution in [0.2, 0.25) is 0 Å². The van der Waals surface area contributed by atoms with Crippen molar-refractivity contribution in [3.05, 3.63) is 58.8 Å². The minimum absolute atomic E-state index is 0.135. The fraction of sp³-hybridized carbons (Fsp3) is 0.182. The second-order valence-corrected chi connectivity index (χ2v) is 6.70. The number of rotatable bonds is 3. The Hall–Kier alpha value is -3.52. The van der Waals surface area contributed by atoms with Gasteiger partial charge in [0, 0.05) is 21.9 Å². The Kier molecular flexibility index (Phi) is 3.97. The first-order chi connectivity index (χ1) is 13.0. The maximum absolute atomic E-state index is 12.0. The van der Waals surface area contributed by atoms with E-state index in [1.54, 1.807) is 18.3 Å². The molecule has 4 rings (SSSR count). The van der Waals surface area contributed by atoms with Gasteiger partial charge in [-0.05, 0) is 55.7 Å². The summed E-state index contributed by atoms with van der Waals surface area (Å²) in [6.45, 7) is 5.70. The molecule has 0 radical (unpaired) electrons. The van der Waals surface area contributed by atoms with Crippen molar-refractivity contribution in [2.45, 2.75) is 27.2 Å². The standard InChI is InChI=1S/C22H18N4O/c1-4-14-8-18-19(7-12(14)2)24-11-20-21(18)22(26-25-20)15-5-6-16(10-23)17(9-15)13(3)27/h5-9,11H,4H2,1-3H3,(H,25,26). The fourth-order valence-electron chi connectivity index (χ4n) is 3.57. The number of hydrogen-bond acceptors (Lipinski definition) is 4. The number of aryl methyl sites for hydroxylation is 2. The lowest BCUT2D eigenvalue weighted by Crippen LogP contribution is -1.97. The summed E-state index contributed by atoms with van der Waals surface area (Å²) >= 11 is 0. The first-order valence-corrected chi connectivity index (χ1v) is 8.85. The Bertz CT molecular complexity index is 1260. The van der Waals surface area contributed by atoms with Gasteiger partial charge in [0.2, 0.25) is 0 Å². The highest BCUT2D eigenvalue weighted by Gasteiger charge is 2.16. The summed E-state index contributed by atoms with van der Waals surface area (Å²) in [7, 11) is 0. The van der Waals surface area contributed by atoms with Gasteiger partial charge >= 0.3 is 0 Å². The van der Waals surface area contributed by atoms with Crippen molar-refractivity contribution in [2.75, 3.05) is 0 Å². The van der Waals surface area contributed by atoms with E-state index in [-0.39, 0.29) is 5.78 Å². The quantitative estimate of drug-likeness (QED) is 0.540. The lowest BCUT2D eigenvalue weighted by Gasteiger charge is -2.08. The van der Waals surface area contributed by atoms with E-state index in [9.17, 15) is 10.1 Å². The van der Waals surface area contributed by atoms with Crippen LogP contribution in [0.3, 0.4) is 0 Å². The third-order valence-corrected chi connectivity index (χ3v) is 5.02. The zero-order chi connectivity index (χ0) is 19.1. The van der Waals surface area contributed by atoms with Crippen LogP contribution >= 0.6 is 0 Å². The van der Waals surface area contributed by atoms with Crippen LogP contribution in [-0.2, 0) is 6.42 Å². The van der Waals surface area contributed by atoms with Gasteiger partial charge in [0.1, 0.15) is 5.69 Å². The molecule has 1 N–H and O–H groups in total. The van der Waals surface area contributed by atoms with Crippen molar-refractivity contribution < 1.29 is 4.79 Å². The zero-order valence-electron chi connectivity index (χ0n) is 15.4. The zero-order valence-corrected chi connectivity index (χ0v) is 15.4. The SMILES string of the molecule is CCc1cc2c(cc1C)ncc1[nH]nc(-c3ccc(C#N)c(C(C)=O)c3)c12. The number of aromatic amines is 1. The molecule has 2 aromatic heterocycles. The second-order valence-electron chi connectivity index (χ2n) is 6.70. The normalized spacial score (nSPS) is 11.0. The van der Waals surface area contributed by atoms with E-state index in [4.69, 9.17) is 0 Å². The molecule has 0 spiro atoms. The van der Waals surface area contributed by atoms with Crippen molar-refractivity contribution in [2.24, 2.45) is 0 Å². The van der Waals surface area contributed by atoms with E-state index < -0.39 is 0 Å². The Morgan fingerprint density at radius 3 is 2.78 bits per heavy atom. The predicted octanol–water partition coefficient (Wildman–Crippen LogP) is 4.72. The smallest absolute Gasteiger partial charge is 0.161 e. The molecule has 4 aromatic rings. The highest BCUT2D eigenvalue weighted by atomic mass is 16.1. The van der Waals surface area contributed by atoms with Gasteiger partial charge in [-0.25, -0.2) is 0 Å². The number of nitrogens with zero attached hydrogens (tertiary/aromatic N) is 3. The van der Waals surface area contributed by atoms with Gasteiger partial charge in [0.25, 0.3) is 0 Å². The summed E-state index contributed by atoms with van der Waals surface area (Å²) in [6.07, 6.45) is 2.73. The number of carbonyl (C=O) groups is 1. The Morgan fingerprint density at radius 1 is 1.26 bits per heavy atom. The molecular weight excluding hydrogens is 336 g/mol. The lowest BCUT2D eigenvalue weighted by atomic mass is 9.96. The third-order valence-electron chi connectivity index (χ3n) is 5.02. The fourth-order valence-corrected chi connectivity index (χ4v) is 3.57. The van der Waals surface area contributed by atoms with E-state index in [2.05, 4.69) is 47.2 Å². The summed E-state index contributed by atoms with van der Waals surface area (Å²) in [5, 5.41) is 18.8. The van der Waals surface area contributed by atoms with Crippen molar-refractivity contribution in [1.82, 2.24) is 15.2 Å². The summed E-state index contributed by atoms with van der Waals surface area (Å²) in [5.74, 6) is -0.135. The van der Waals surface area contributed by atoms with E-state index in [0.29, 0.717) is 11.1 Å². The number of benzene rings is 2. The number of aromatic nitrogens is 3. The largest absolute Gasteiger partial charge is 0.294 e. The van der Waals surface area contributed by atoms with Gasteiger partial charge < -0.3 is 0 Å². The number of nitriles is 1. The van der Waals surface area contributed by atoms with Crippen LogP contribution in [0.4, 0.5) is 0 Å². The highest BCUT2D eigenvalue weighted by Crippen LogP contribution is 2.33. The Morgan fingerprint density at radius 2 is 2.07 bits per heavy atom. The first kappa shape index (κ1) is 16.9. The maximum Gasteiger partial charge on any atom is 0.161 e. The molecule has 132 valence electrons. The summed E-state index contributed by atoms with van der Waals surface area (Å²) in [4.78, 5) is 16.5. The molecule has 27 heavy (non-hydrogen) atoms. The summed E-state index contributed by atoms with van der Waals surface area (Å²) in [5.41, 5.74) is 6.60. The van der Waals surface area contributed by atoms with Crippen LogP contribution in [0.5, 0.6) is 0 Å². The molecule has 2 aromatic carbocycles. The van der Waals surface area contributed by atoms with Crippen molar-refractivity contribution in [3.63, 3.8) is 0 Å². The van der Waals surface area contributed by atoms with Crippen molar-refractivity contribution in [1.29, 1.82) is 5.26 Å². The number of Topliss-reactive ketones (excluding diaryl/α,β-unsaturated/α-hetero) is 1. The van der Waals surface area contributed by atoms with Gasteiger partial charge in [-0.3, -0.25) is 14.9 Å². The Labute approximate surface area is 156 Å². The number of fused-ring (bicyclic) bond motifs is 3. The molecule has 0 aliphatic carbocycles. The van der Waals surface area contributed by atoms with E-state index in [1.165, 1.54) is 18.1 Å². The van der Waals surface area contributed by atoms with Crippen LogP contribution in [0.1, 0.15) is 40.9 Å². The second kappa shape index (κ2) is 6.33. The molecule has 0 saturated carbocycles. The number of nitrogens with one attached hydrogen (secondary N) is 1. The molecule has 0 aliphatic heterocycles. The lowest BCUT2D eigenvalue weighted by molar-refractivity contribution is 0.101. The van der Waals surface area contributed by atoms with Crippen LogP contribution < -0.4 is 0 Å². The van der Waals surface area contributed by atoms with Gasteiger partial charge in [0.15, 0.2) is 5.78 Å². The molecule has 0 unspecified atom stereocenters. The number of H-pyrrole nitrogens is 1. The average Bonchev–Trinajstić information content (AvgIpc) is 3.11. The van der Waals surface area contributed by atoms with Gasteiger partial charge in [-0.1, -0.05) is 13.0 Å². The molecule has 0 amide bonds. The minimum Gasteiger partial charge on any atom is -0.294 e. The maximum atomic E-state index is 12.0. The van der Waals surface area contributed by atoms with Gasteiger partial charge in [-0.15, -0.1) is 0 Å². The molecule has 0 bridgehead atoms. The number of hydrogen-bond donors (Lipinski definition) is 1. The molecule has 0 fully saturated rings. The van der Waals surface area contributed by atoms with Crippen LogP contribution in [-0.4, -0.2) is 21.0 Å². The first-order valence-electron chi connectivity index (χ1n) is 8.85. The number of ketones is 1. The van der Waals surface area contributed by atoms with E-state index in [0.717, 1.165) is 39.5 Å². The summed E-state index contributed by atoms with van der Waals surface area (Å²) in [6, 6.07) is 11.6. The van der Waals surface area contributed by atoms with Crippen LogP contribution in [0.25, 0.3) is 33.1 Å². The Balaban J connectivity index is 2.05. The highest BCUT2D eigenvalue weighted by molar-refractivity contribution is 6.11. The average molecular weight is 354 g/mol. The topological polar surface area (TPSA) is 82.4 Å². The molecule has 0 saturated heterocycles. The predicted molar refractivity (Wildman–Crippen MR) is 106 cm³/mol. The molecular formula is C22H18N4O. The van der Waals surface area contributed by atoms with Crippen LogP contribution in [0.15, 0.2) is 36.5 Å². The third kappa shape index (κ3) is 2.67. The van der Waals surface area contributed by atoms with E-state index >= 15 is 0 Å². The van der Waals surface area contributed by atoms with E-state index in [1.807, 2.05) is 6.07 Å². The minimum atomic E-state index is -0.135. The molecule has 0 atom stereocenters. The molecule has 5 nitrogen and oxygen atoms in total. The van der Waals surface area contributed by atoms with Gasteiger partial charge in [-0.2, -0.15) is 10.4 Å². The molecule has 5 heteroatoms. The van der Waals surface area contributed by atoms with Crippen molar-refractivity contribution >= 4 is 27.6 Å². The van der Waals surface area contributed by atoms with Gasteiger partial charge in [0.05, 0.1) is 28.9 Å². The van der Waals surface area contributed by atoms with Crippen molar-refractivity contribution in [3.8, 4) is 17.3 Å². The summed E-state index contributed by atoms with van der Waals surface area (Å²) < 4.78 is 0. The molecule has 0 aliphatic rings. The van der Waals surface area contributed by atoms with Crippen LogP contribution in [0, 0.1) is 18.3 Å². The molecule has 2 heterocycles. The number of carbonyl (C=O) groups excluding carboxylic acids is 1. The number of pyridine rings is 1. The monoisotopic (exact) mass is 354 g/mol.